The first-order valence-electron chi connectivity index (χ1n) is 5.39. The molecule has 1 heterocycles. The summed E-state index contributed by atoms with van der Waals surface area (Å²) in [4.78, 5) is 14.0. The van der Waals surface area contributed by atoms with Crippen LogP contribution in [-0.2, 0) is 4.74 Å². The molecule has 2 rings (SSSR count). The Kier molecular flexibility index (Phi) is 4.07. The molecule has 0 aliphatic carbocycles. The van der Waals surface area contributed by atoms with Gasteiger partial charge in [-0.3, -0.25) is 4.79 Å². The molecule has 0 saturated carbocycles. The van der Waals surface area contributed by atoms with Gasteiger partial charge >= 0.3 is 0 Å². The Morgan fingerprint density at radius 3 is 2.94 bits per heavy atom. The summed E-state index contributed by atoms with van der Waals surface area (Å²) in [5.41, 5.74) is 0.645. The van der Waals surface area contributed by atoms with Gasteiger partial charge in [0.05, 0.1) is 11.7 Å². The molecule has 0 radical (unpaired) electrons. The lowest BCUT2D eigenvalue weighted by Crippen LogP contribution is -2.30. The summed E-state index contributed by atoms with van der Waals surface area (Å²) >= 11 is 9.22. The maximum absolute atomic E-state index is 12.2. The van der Waals surface area contributed by atoms with Crippen LogP contribution in [-0.4, -0.2) is 37.1 Å². The van der Waals surface area contributed by atoms with Crippen molar-refractivity contribution >= 4 is 33.4 Å². The molecule has 1 fully saturated rings. The lowest BCUT2D eigenvalue weighted by molar-refractivity contribution is 0.0723. The zero-order valence-corrected chi connectivity index (χ0v) is 11.8. The first-order chi connectivity index (χ1) is 8.11. The van der Waals surface area contributed by atoms with E-state index in [4.69, 9.17) is 16.3 Å². The van der Waals surface area contributed by atoms with E-state index < -0.39 is 0 Å². The first kappa shape index (κ1) is 12.9. The Labute approximate surface area is 114 Å². The van der Waals surface area contributed by atoms with Gasteiger partial charge in [0.25, 0.3) is 5.91 Å². The SMILES string of the molecule is COC1CCN(C(=O)c2ccc(Cl)cc2Br)C1. The maximum Gasteiger partial charge on any atom is 0.255 e. The number of ether oxygens (including phenoxy) is 1. The van der Waals surface area contributed by atoms with Crippen LogP contribution < -0.4 is 0 Å². The molecule has 0 N–H and O–H groups in total. The third kappa shape index (κ3) is 2.81. The van der Waals surface area contributed by atoms with Gasteiger partial charge in [-0.15, -0.1) is 0 Å². The van der Waals surface area contributed by atoms with Crippen LogP contribution in [0.2, 0.25) is 5.02 Å². The molecule has 1 aliphatic rings. The minimum Gasteiger partial charge on any atom is -0.380 e. The fourth-order valence-electron chi connectivity index (χ4n) is 1.94. The van der Waals surface area contributed by atoms with Crippen molar-refractivity contribution in [2.75, 3.05) is 20.2 Å². The molecule has 1 aromatic rings. The van der Waals surface area contributed by atoms with E-state index in [9.17, 15) is 4.79 Å². The molecular formula is C12H13BrClNO2. The number of nitrogens with zero attached hydrogens (tertiary/aromatic N) is 1. The maximum atomic E-state index is 12.2. The second-order valence-corrected chi connectivity index (χ2v) is 5.31. The third-order valence-electron chi connectivity index (χ3n) is 2.93. The Morgan fingerprint density at radius 2 is 2.35 bits per heavy atom. The number of amides is 1. The molecule has 1 aromatic carbocycles. The predicted octanol–water partition coefficient (Wildman–Crippen LogP) is 2.96. The van der Waals surface area contributed by atoms with Gasteiger partial charge in [-0.2, -0.15) is 0 Å². The Balaban J connectivity index is 2.15. The Morgan fingerprint density at radius 1 is 1.59 bits per heavy atom. The number of carbonyl (C=O) groups excluding carboxylic acids is 1. The van der Waals surface area contributed by atoms with Gasteiger partial charge in [-0.1, -0.05) is 11.6 Å². The van der Waals surface area contributed by atoms with Gasteiger partial charge in [-0.25, -0.2) is 0 Å². The highest BCUT2D eigenvalue weighted by molar-refractivity contribution is 9.10. The highest BCUT2D eigenvalue weighted by Crippen LogP contribution is 2.24. The van der Waals surface area contributed by atoms with Crippen LogP contribution in [0.1, 0.15) is 16.8 Å². The predicted molar refractivity (Wildman–Crippen MR) is 70.5 cm³/mol. The molecule has 1 unspecified atom stereocenters. The van der Waals surface area contributed by atoms with Gasteiger partial charge in [0.1, 0.15) is 0 Å². The molecule has 1 amide bonds. The van der Waals surface area contributed by atoms with Gasteiger partial charge in [-0.05, 0) is 40.5 Å². The molecule has 5 heteroatoms. The molecule has 3 nitrogen and oxygen atoms in total. The average Bonchev–Trinajstić information content (AvgIpc) is 2.76. The topological polar surface area (TPSA) is 29.5 Å². The highest BCUT2D eigenvalue weighted by atomic mass is 79.9. The first-order valence-corrected chi connectivity index (χ1v) is 6.56. The van der Waals surface area contributed by atoms with E-state index >= 15 is 0 Å². The van der Waals surface area contributed by atoms with Crippen molar-refractivity contribution < 1.29 is 9.53 Å². The fraction of sp³-hybridized carbons (Fsp3) is 0.417. The van der Waals surface area contributed by atoms with Crippen molar-refractivity contribution in [3.8, 4) is 0 Å². The number of halogens is 2. The molecule has 92 valence electrons. The minimum absolute atomic E-state index is 0.0214. The summed E-state index contributed by atoms with van der Waals surface area (Å²) in [5.74, 6) is 0.0214. The number of hydrogen-bond acceptors (Lipinski definition) is 2. The van der Waals surface area contributed by atoms with Crippen LogP contribution in [0.3, 0.4) is 0 Å². The lowest BCUT2D eigenvalue weighted by atomic mass is 10.2. The molecule has 1 aliphatic heterocycles. The third-order valence-corrected chi connectivity index (χ3v) is 3.82. The Hall–Kier alpha value is -0.580. The Bertz CT molecular complexity index is 439. The molecule has 0 aromatic heterocycles. The molecular weight excluding hydrogens is 305 g/mol. The van der Waals surface area contributed by atoms with E-state index in [2.05, 4.69) is 15.9 Å². The van der Waals surface area contributed by atoms with E-state index in [1.54, 1.807) is 25.3 Å². The summed E-state index contributed by atoms with van der Waals surface area (Å²) in [6.07, 6.45) is 1.05. The van der Waals surface area contributed by atoms with Crippen molar-refractivity contribution in [3.63, 3.8) is 0 Å². The molecule has 0 bridgehead atoms. The van der Waals surface area contributed by atoms with E-state index in [-0.39, 0.29) is 12.0 Å². The number of methoxy groups -OCH3 is 1. The normalized spacial score (nSPS) is 19.7. The van der Waals surface area contributed by atoms with Crippen LogP contribution in [0.5, 0.6) is 0 Å². The quantitative estimate of drug-likeness (QED) is 0.839. The van der Waals surface area contributed by atoms with Crippen molar-refractivity contribution in [2.45, 2.75) is 12.5 Å². The smallest absolute Gasteiger partial charge is 0.255 e. The standard InChI is InChI=1S/C12H13BrClNO2/c1-17-9-4-5-15(7-9)12(16)10-3-2-8(14)6-11(10)13/h2-3,6,9H,4-5,7H2,1H3. The van der Waals surface area contributed by atoms with Gasteiger partial charge in [0.15, 0.2) is 0 Å². The summed E-state index contributed by atoms with van der Waals surface area (Å²) in [5, 5.41) is 0.615. The summed E-state index contributed by atoms with van der Waals surface area (Å²) in [6.45, 7) is 1.40. The molecule has 17 heavy (non-hydrogen) atoms. The summed E-state index contributed by atoms with van der Waals surface area (Å²) in [7, 11) is 1.68. The highest BCUT2D eigenvalue weighted by Gasteiger charge is 2.27. The number of carbonyl (C=O) groups is 1. The summed E-state index contributed by atoms with van der Waals surface area (Å²) in [6, 6.07) is 5.21. The number of benzene rings is 1. The van der Waals surface area contributed by atoms with E-state index in [0.29, 0.717) is 17.1 Å². The van der Waals surface area contributed by atoms with Crippen molar-refractivity contribution in [2.24, 2.45) is 0 Å². The van der Waals surface area contributed by atoms with Crippen LogP contribution in [0.4, 0.5) is 0 Å². The lowest BCUT2D eigenvalue weighted by Gasteiger charge is -2.17. The average molecular weight is 319 g/mol. The monoisotopic (exact) mass is 317 g/mol. The second kappa shape index (κ2) is 5.38. The second-order valence-electron chi connectivity index (χ2n) is 4.02. The number of likely N-dealkylation sites (tertiary alicyclic amines) is 1. The van der Waals surface area contributed by atoms with E-state index in [1.165, 1.54) is 0 Å². The van der Waals surface area contributed by atoms with Crippen molar-refractivity contribution in [1.82, 2.24) is 4.90 Å². The molecule has 1 atom stereocenters. The summed E-state index contributed by atoms with van der Waals surface area (Å²) < 4.78 is 5.98. The van der Waals surface area contributed by atoms with Gasteiger partial charge < -0.3 is 9.64 Å². The van der Waals surface area contributed by atoms with Crippen LogP contribution in [0.15, 0.2) is 22.7 Å². The van der Waals surface area contributed by atoms with Gasteiger partial charge in [0, 0.05) is 29.7 Å². The van der Waals surface area contributed by atoms with Crippen molar-refractivity contribution in [1.29, 1.82) is 0 Å². The van der Waals surface area contributed by atoms with E-state index in [1.807, 2.05) is 4.90 Å². The van der Waals surface area contributed by atoms with Crippen LogP contribution >= 0.6 is 27.5 Å². The van der Waals surface area contributed by atoms with Crippen LogP contribution in [0.25, 0.3) is 0 Å². The largest absolute Gasteiger partial charge is 0.380 e. The van der Waals surface area contributed by atoms with Crippen molar-refractivity contribution in [3.05, 3.63) is 33.3 Å². The molecule has 0 spiro atoms. The van der Waals surface area contributed by atoms with E-state index in [0.717, 1.165) is 17.4 Å². The van der Waals surface area contributed by atoms with Crippen LogP contribution in [0, 0.1) is 0 Å². The fourth-order valence-corrected chi connectivity index (χ4v) is 2.79. The molecule has 1 saturated heterocycles. The number of rotatable bonds is 2. The van der Waals surface area contributed by atoms with Gasteiger partial charge in [0.2, 0.25) is 0 Å². The zero-order valence-electron chi connectivity index (χ0n) is 9.45. The zero-order chi connectivity index (χ0) is 12.4. The minimum atomic E-state index is 0.0214. The number of hydrogen-bond donors (Lipinski definition) is 0.